The minimum absolute atomic E-state index is 0.131. The molecule has 0 aliphatic heterocycles. The Balaban J connectivity index is 1.38. The second kappa shape index (κ2) is 9.65. The van der Waals surface area contributed by atoms with Crippen molar-refractivity contribution in [1.82, 2.24) is 20.1 Å². The van der Waals surface area contributed by atoms with E-state index < -0.39 is 0 Å². The van der Waals surface area contributed by atoms with Gasteiger partial charge in [-0.05, 0) is 36.4 Å². The molecule has 9 heteroatoms. The van der Waals surface area contributed by atoms with Gasteiger partial charge in [0, 0.05) is 22.8 Å². The molecule has 0 spiro atoms. The van der Waals surface area contributed by atoms with E-state index in [1.165, 1.54) is 24.2 Å². The first-order chi connectivity index (χ1) is 13.6. The maximum Gasteiger partial charge on any atom is 0.243 e. The van der Waals surface area contributed by atoms with Crippen LogP contribution in [0.25, 0.3) is 5.69 Å². The van der Waals surface area contributed by atoms with Crippen molar-refractivity contribution >= 4 is 29.3 Å². The van der Waals surface area contributed by atoms with Gasteiger partial charge in [0.05, 0.1) is 12.2 Å². The minimum Gasteiger partial charge on any atom is -0.347 e. The molecule has 144 valence electrons. The molecule has 0 aliphatic carbocycles. The Hall–Kier alpha value is -3.20. The molecule has 0 bridgehead atoms. The quantitative estimate of drug-likeness (QED) is 0.569. The summed E-state index contributed by atoms with van der Waals surface area (Å²) >= 11 is 1.26. The Bertz CT molecular complexity index is 932. The van der Waals surface area contributed by atoms with Gasteiger partial charge in [-0.1, -0.05) is 12.1 Å². The fourth-order valence-corrected chi connectivity index (χ4v) is 3.22. The highest BCUT2D eigenvalue weighted by Crippen LogP contribution is 2.21. The van der Waals surface area contributed by atoms with E-state index in [0.29, 0.717) is 16.3 Å². The lowest BCUT2D eigenvalue weighted by molar-refractivity contribution is -0.123. The Morgan fingerprint density at radius 3 is 2.57 bits per heavy atom. The fourth-order valence-electron chi connectivity index (χ4n) is 2.33. The molecule has 0 radical (unpaired) electrons. The van der Waals surface area contributed by atoms with E-state index in [9.17, 15) is 14.0 Å². The van der Waals surface area contributed by atoms with Crippen LogP contribution in [-0.2, 0) is 9.59 Å². The summed E-state index contributed by atoms with van der Waals surface area (Å²) in [4.78, 5) is 28.2. The van der Waals surface area contributed by atoms with Crippen molar-refractivity contribution in [2.24, 2.45) is 0 Å². The molecule has 0 saturated heterocycles. The smallest absolute Gasteiger partial charge is 0.243 e. The lowest BCUT2D eigenvalue weighted by Crippen LogP contribution is -2.33. The molecule has 2 aromatic carbocycles. The predicted octanol–water partition coefficient (Wildman–Crippen LogP) is 2.64. The average molecular weight is 399 g/mol. The van der Waals surface area contributed by atoms with Crippen LogP contribution in [0.1, 0.15) is 6.42 Å². The summed E-state index contributed by atoms with van der Waals surface area (Å²) in [7, 11) is 0. The van der Waals surface area contributed by atoms with Crippen molar-refractivity contribution in [3.8, 4) is 5.69 Å². The van der Waals surface area contributed by atoms with Crippen molar-refractivity contribution in [3.05, 3.63) is 67.0 Å². The number of aromatic nitrogens is 3. The predicted molar refractivity (Wildman–Crippen MR) is 105 cm³/mol. The monoisotopic (exact) mass is 399 g/mol. The third kappa shape index (κ3) is 5.65. The van der Waals surface area contributed by atoms with Crippen LogP contribution in [0.2, 0.25) is 0 Å². The largest absolute Gasteiger partial charge is 0.347 e. The average Bonchev–Trinajstić information content (AvgIpc) is 3.23. The molecule has 2 N–H and O–H groups in total. The van der Waals surface area contributed by atoms with Gasteiger partial charge in [0.2, 0.25) is 11.8 Å². The molecule has 0 atom stereocenters. The Morgan fingerprint density at radius 1 is 1.07 bits per heavy atom. The van der Waals surface area contributed by atoms with Crippen LogP contribution in [0.4, 0.5) is 10.1 Å². The second-order valence-electron chi connectivity index (χ2n) is 5.74. The number of amides is 2. The number of carbonyl (C=O) groups excluding carboxylic acids is 2. The zero-order chi connectivity index (χ0) is 19.8. The number of nitrogens with zero attached hydrogens (tertiary/aromatic N) is 3. The number of hydrogen-bond donors (Lipinski definition) is 2. The molecule has 2 amide bonds. The van der Waals surface area contributed by atoms with Crippen molar-refractivity contribution < 1.29 is 14.0 Å². The van der Waals surface area contributed by atoms with Crippen LogP contribution in [0.5, 0.6) is 0 Å². The van der Waals surface area contributed by atoms with Crippen LogP contribution in [0, 0.1) is 5.82 Å². The zero-order valence-corrected chi connectivity index (χ0v) is 15.7. The minimum atomic E-state index is -0.330. The van der Waals surface area contributed by atoms with Gasteiger partial charge in [-0.3, -0.25) is 9.59 Å². The van der Waals surface area contributed by atoms with E-state index >= 15 is 0 Å². The highest BCUT2D eigenvalue weighted by atomic mass is 32.2. The second-order valence-corrected chi connectivity index (χ2v) is 6.88. The van der Waals surface area contributed by atoms with Crippen LogP contribution < -0.4 is 10.6 Å². The number of nitrogens with one attached hydrogen (secondary N) is 2. The summed E-state index contributed by atoms with van der Waals surface area (Å²) in [6, 6.07) is 13.5. The molecule has 0 unspecified atom stereocenters. The summed E-state index contributed by atoms with van der Waals surface area (Å²) in [5.74, 6) is -0.468. The first-order valence-electron chi connectivity index (χ1n) is 8.51. The van der Waals surface area contributed by atoms with Crippen LogP contribution >= 0.6 is 11.8 Å². The number of halogens is 1. The van der Waals surface area contributed by atoms with Crippen LogP contribution in [-0.4, -0.2) is 38.9 Å². The molecule has 28 heavy (non-hydrogen) atoms. The standard InChI is InChI=1S/C19H18FN5O2S/c20-16-3-1-2-4-17(16)28-10-9-18(26)22-11-19(27)24-14-5-7-15(8-6-14)25-13-21-12-23-25/h1-8,12-13H,9-11H2,(H,22,26)(H,24,27). The molecular weight excluding hydrogens is 381 g/mol. The SMILES string of the molecule is O=C(CCSc1ccccc1F)NCC(=O)Nc1ccc(-n2cncn2)cc1. The van der Waals surface area contributed by atoms with Gasteiger partial charge in [-0.25, -0.2) is 14.1 Å². The number of thioether (sulfide) groups is 1. The van der Waals surface area contributed by atoms with E-state index in [1.807, 2.05) is 0 Å². The molecule has 3 rings (SSSR count). The summed E-state index contributed by atoms with van der Waals surface area (Å²) in [5, 5.41) is 9.29. The van der Waals surface area contributed by atoms with Crippen molar-refractivity contribution in [2.75, 3.05) is 17.6 Å². The summed E-state index contributed by atoms with van der Waals surface area (Å²) in [5.41, 5.74) is 1.43. The highest BCUT2D eigenvalue weighted by molar-refractivity contribution is 7.99. The van der Waals surface area contributed by atoms with Gasteiger partial charge < -0.3 is 10.6 Å². The van der Waals surface area contributed by atoms with E-state index in [1.54, 1.807) is 53.5 Å². The van der Waals surface area contributed by atoms with Crippen molar-refractivity contribution in [3.63, 3.8) is 0 Å². The first-order valence-corrected chi connectivity index (χ1v) is 9.49. The molecular formula is C19H18FN5O2S. The topological polar surface area (TPSA) is 88.9 Å². The lowest BCUT2D eigenvalue weighted by Gasteiger charge is -2.08. The van der Waals surface area contributed by atoms with Gasteiger partial charge >= 0.3 is 0 Å². The summed E-state index contributed by atoms with van der Waals surface area (Å²) in [6.07, 6.45) is 3.21. The normalized spacial score (nSPS) is 10.5. The van der Waals surface area contributed by atoms with Crippen molar-refractivity contribution in [2.45, 2.75) is 11.3 Å². The number of hydrogen-bond acceptors (Lipinski definition) is 5. The van der Waals surface area contributed by atoms with E-state index in [-0.39, 0.29) is 30.6 Å². The highest BCUT2D eigenvalue weighted by Gasteiger charge is 2.08. The van der Waals surface area contributed by atoms with Gasteiger partial charge in [0.1, 0.15) is 18.5 Å². The van der Waals surface area contributed by atoms with Crippen molar-refractivity contribution in [1.29, 1.82) is 0 Å². The third-order valence-electron chi connectivity index (χ3n) is 3.70. The maximum absolute atomic E-state index is 13.5. The first kappa shape index (κ1) is 19.6. The van der Waals surface area contributed by atoms with Gasteiger partial charge in [-0.15, -0.1) is 11.8 Å². The Morgan fingerprint density at radius 2 is 1.86 bits per heavy atom. The van der Waals surface area contributed by atoms with Gasteiger partial charge in [0.15, 0.2) is 0 Å². The number of carbonyl (C=O) groups is 2. The molecule has 0 saturated carbocycles. The maximum atomic E-state index is 13.5. The molecule has 1 heterocycles. The molecule has 0 aliphatic rings. The van der Waals surface area contributed by atoms with E-state index in [4.69, 9.17) is 0 Å². The Labute approximate surface area is 165 Å². The molecule has 1 aromatic heterocycles. The number of anilines is 1. The molecule has 0 fully saturated rings. The number of rotatable bonds is 8. The molecule has 7 nitrogen and oxygen atoms in total. The van der Waals surface area contributed by atoms with Gasteiger partial charge in [-0.2, -0.15) is 5.10 Å². The fraction of sp³-hybridized carbons (Fsp3) is 0.158. The van der Waals surface area contributed by atoms with E-state index in [2.05, 4.69) is 20.7 Å². The van der Waals surface area contributed by atoms with E-state index in [0.717, 1.165) is 5.69 Å². The van der Waals surface area contributed by atoms with Crippen LogP contribution in [0.15, 0.2) is 66.1 Å². The Kier molecular flexibility index (Phi) is 6.74. The zero-order valence-electron chi connectivity index (χ0n) is 14.8. The molecule has 3 aromatic rings. The third-order valence-corrected chi connectivity index (χ3v) is 4.75. The number of benzene rings is 2. The van der Waals surface area contributed by atoms with Gasteiger partial charge in [0.25, 0.3) is 0 Å². The summed E-state index contributed by atoms with van der Waals surface area (Å²) < 4.78 is 15.1. The lowest BCUT2D eigenvalue weighted by atomic mass is 10.3. The summed E-state index contributed by atoms with van der Waals surface area (Å²) in [6.45, 7) is -0.131. The van der Waals surface area contributed by atoms with Crippen LogP contribution in [0.3, 0.4) is 0 Å².